The van der Waals surface area contributed by atoms with Crippen molar-refractivity contribution in [2.45, 2.75) is 32.2 Å². The largest absolute Gasteiger partial charge is 0.310 e. The van der Waals surface area contributed by atoms with Crippen LogP contribution in [0.3, 0.4) is 0 Å². The van der Waals surface area contributed by atoms with Gasteiger partial charge in [0.15, 0.2) is 0 Å². The van der Waals surface area contributed by atoms with E-state index in [2.05, 4.69) is 48.5 Å². The lowest BCUT2D eigenvalue weighted by molar-refractivity contribution is 0.267. The summed E-state index contributed by atoms with van der Waals surface area (Å²) in [6, 6.07) is 9.37. The lowest BCUT2D eigenvalue weighted by Gasteiger charge is -2.35. The Labute approximate surface area is 119 Å². The fourth-order valence-corrected chi connectivity index (χ4v) is 3.73. The first-order valence-corrected chi connectivity index (χ1v) is 8.07. The topological polar surface area (TPSA) is 12.0 Å². The number of fused-ring (bicyclic) bond motifs is 1. The van der Waals surface area contributed by atoms with E-state index in [1.807, 2.05) is 11.3 Å². The molecule has 0 aliphatic heterocycles. The Hall–Kier alpha value is -1.12. The van der Waals surface area contributed by atoms with Crippen molar-refractivity contribution in [3.8, 4) is 0 Å². The van der Waals surface area contributed by atoms with Gasteiger partial charge in [0.2, 0.25) is 0 Å². The van der Waals surface area contributed by atoms with Crippen LogP contribution in [0.15, 0.2) is 36.2 Å². The Morgan fingerprint density at radius 1 is 1.42 bits per heavy atom. The molecule has 1 aliphatic rings. The Bertz CT molecular complexity index is 580. The molecule has 1 nitrogen and oxygen atoms in total. The zero-order valence-electron chi connectivity index (χ0n) is 11.5. The van der Waals surface area contributed by atoms with Gasteiger partial charge in [-0.1, -0.05) is 32.1 Å². The fourth-order valence-electron chi connectivity index (χ4n) is 2.90. The minimum absolute atomic E-state index is 0.455. The zero-order chi connectivity index (χ0) is 13.2. The number of nitrogens with one attached hydrogen (secondary N) is 1. The highest BCUT2D eigenvalue weighted by Crippen LogP contribution is 2.36. The van der Waals surface area contributed by atoms with Crippen molar-refractivity contribution in [3.05, 3.63) is 41.8 Å². The third kappa shape index (κ3) is 2.47. The maximum absolute atomic E-state index is 4.38. The molecule has 1 N–H and O–H groups in total. The van der Waals surface area contributed by atoms with Crippen molar-refractivity contribution >= 4 is 27.0 Å². The Morgan fingerprint density at radius 3 is 2.95 bits per heavy atom. The minimum Gasteiger partial charge on any atom is -0.310 e. The first kappa shape index (κ1) is 12.9. The maximum atomic E-state index is 4.38. The van der Waals surface area contributed by atoms with Crippen LogP contribution in [0.4, 0.5) is 0 Å². The van der Waals surface area contributed by atoms with Crippen LogP contribution in [0, 0.1) is 5.92 Å². The molecule has 0 amide bonds. The predicted molar refractivity (Wildman–Crippen MR) is 85.7 cm³/mol. The molecule has 1 aliphatic carbocycles. The van der Waals surface area contributed by atoms with Crippen LogP contribution in [0.2, 0.25) is 0 Å². The molecule has 1 aromatic carbocycles. The summed E-state index contributed by atoms with van der Waals surface area (Å²) in [6.45, 7) is 7.58. The molecule has 0 spiro atoms. The molecule has 1 aromatic heterocycles. The zero-order valence-corrected chi connectivity index (χ0v) is 12.3. The monoisotopic (exact) mass is 271 g/mol. The second kappa shape index (κ2) is 5.48. The van der Waals surface area contributed by atoms with E-state index in [-0.39, 0.29) is 0 Å². The van der Waals surface area contributed by atoms with Gasteiger partial charge < -0.3 is 5.32 Å². The average Bonchev–Trinajstić information content (AvgIpc) is 2.82. The SMILES string of the molecule is C=C(c1ccc2ccsc2c1)C(NCC)C1CCC1. The van der Waals surface area contributed by atoms with Gasteiger partial charge in [0.1, 0.15) is 0 Å². The van der Waals surface area contributed by atoms with Crippen LogP contribution in [0.5, 0.6) is 0 Å². The van der Waals surface area contributed by atoms with Gasteiger partial charge in [-0.3, -0.25) is 0 Å². The van der Waals surface area contributed by atoms with E-state index in [0.29, 0.717) is 6.04 Å². The van der Waals surface area contributed by atoms with Crippen molar-refractivity contribution in [2.75, 3.05) is 6.54 Å². The molecule has 0 bridgehead atoms. The molecule has 0 saturated heterocycles. The van der Waals surface area contributed by atoms with Crippen molar-refractivity contribution in [1.29, 1.82) is 0 Å². The third-order valence-electron chi connectivity index (χ3n) is 4.25. The van der Waals surface area contributed by atoms with Crippen LogP contribution in [-0.4, -0.2) is 12.6 Å². The molecule has 100 valence electrons. The van der Waals surface area contributed by atoms with Gasteiger partial charge in [0.05, 0.1) is 0 Å². The van der Waals surface area contributed by atoms with Crippen molar-refractivity contribution in [2.24, 2.45) is 5.92 Å². The number of hydrogen-bond donors (Lipinski definition) is 1. The molecule has 2 aromatic rings. The van der Waals surface area contributed by atoms with E-state index in [4.69, 9.17) is 0 Å². The summed E-state index contributed by atoms with van der Waals surface area (Å²) < 4.78 is 1.36. The summed E-state index contributed by atoms with van der Waals surface area (Å²) in [7, 11) is 0. The second-order valence-corrected chi connectivity index (χ2v) is 6.37. The molecule has 19 heavy (non-hydrogen) atoms. The quantitative estimate of drug-likeness (QED) is 0.831. The smallest absolute Gasteiger partial charge is 0.0348 e. The van der Waals surface area contributed by atoms with Crippen molar-refractivity contribution < 1.29 is 0 Å². The van der Waals surface area contributed by atoms with E-state index in [1.54, 1.807) is 0 Å². The van der Waals surface area contributed by atoms with E-state index >= 15 is 0 Å². The van der Waals surface area contributed by atoms with E-state index in [0.717, 1.165) is 12.5 Å². The van der Waals surface area contributed by atoms with Crippen LogP contribution >= 0.6 is 11.3 Å². The Balaban J connectivity index is 1.87. The number of rotatable bonds is 5. The van der Waals surface area contributed by atoms with Gasteiger partial charge in [-0.15, -0.1) is 11.3 Å². The first-order chi connectivity index (χ1) is 9.29. The molecule has 1 heterocycles. The van der Waals surface area contributed by atoms with Gasteiger partial charge in [-0.2, -0.15) is 0 Å². The number of benzene rings is 1. The van der Waals surface area contributed by atoms with E-state index < -0.39 is 0 Å². The molecule has 0 radical (unpaired) electrons. The normalized spacial score (nSPS) is 17.3. The first-order valence-electron chi connectivity index (χ1n) is 7.19. The average molecular weight is 271 g/mol. The van der Waals surface area contributed by atoms with Gasteiger partial charge in [0, 0.05) is 10.7 Å². The lowest BCUT2D eigenvalue weighted by Crippen LogP contribution is -2.40. The molecule has 3 rings (SSSR count). The van der Waals surface area contributed by atoms with Crippen molar-refractivity contribution in [3.63, 3.8) is 0 Å². The lowest BCUT2D eigenvalue weighted by atomic mass is 9.76. The van der Waals surface area contributed by atoms with Gasteiger partial charge in [-0.05, 0) is 59.3 Å². The summed E-state index contributed by atoms with van der Waals surface area (Å²) in [5, 5.41) is 7.12. The predicted octanol–water partition coefficient (Wildman–Crippen LogP) is 4.69. The van der Waals surface area contributed by atoms with Crippen LogP contribution < -0.4 is 5.32 Å². The second-order valence-electron chi connectivity index (χ2n) is 5.42. The number of likely N-dealkylation sites (N-methyl/N-ethyl adjacent to an activating group) is 1. The van der Waals surface area contributed by atoms with Gasteiger partial charge >= 0.3 is 0 Å². The molecular weight excluding hydrogens is 250 g/mol. The summed E-state index contributed by atoms with van der Waals surface area (Å²) >= 11 is 1.81. The van der Waals surface area contributed by atoms with E-state index in [9.17, 15) is 0 Å². The third-order valence-corrected chi connectivity index (χ3v) is 5.13. The minimum atomic E-state index is 0.455. The van der Waals surface area contributed by atoms with Gasteiger partial charge in [0.25, 0.3) is 0 Å². The standard InChI is InChI=1S/C17H21NS/c1-3-18-17(14-5-4-6-14)12(2)15-8-7-13-9-10-19-16(13)11-15/h7-11,14,17-18H,2-6H2,1H3. The molecule has 1 unspecified atom stereocenters. The van der Waals surface area contributed by atoms with E-state index in [1.165, 1.54) is 40.5 Å². The van der Waals surface area contributed by atoms with Crippen LogP contribution in [0.25, 0.3) is 15.7 Å². The fraction of sp³-hybridized carbons (Fsp3) is 0.412. The number of hydrogen-bond acceptors (Lipinski definition) is 2. The Kier molecular flexibility index (Phi) is 3.72. The molecular formula is C17H21NS. The summed E-state index contributed by atoms with van der Waals surface area (Å²) in [5.74, 6) is 0.784. The van der Waals surface area contributed by atoms with Crippen LogP contribution in [0.1, 0.15) is 31.7 Å². The summed E-state index contributed by atoms with van der Waals surface area (Å²) in [6.07, 6.45) is 4.07. The molecule has 1 saturated carbocycles. The highest BCUT2D eigenvalue weighted by atomic mass is 32.1. The highest BCUT2D eigenvalue weighted by molar-refractivity contribution is 7.17. The van der Waals surface area contributed by atoms with Crippen LogP contribution in [-0.2, 0) is 0 Å². The molecule has 1 atom stereocenters. The number of thiophene rings is 1. The van der Waals surface area contributed by atoms with Crippen molar-refractivity contribution in [1.82, 2.24) is 5.32 Å². The molecule has 2 heteroatoms. The molecule has 1 fully saturated rings. The highest BCUT2D eigenvalue weighted by Gasteiger charge is 2.28. The maximum Gasteiger partial charge on any atom is 0.0348 e. The summed E-state index contributed by atoms with van der Waals surface area (Å²) in [4.78, 5) is 0. The Morgan fingerprint density at radius 2 is 2.26 bits per heavy atom. The summed E-state index contributed by atoms with van der Waals surface area (Å²) in [5.41, 5.74) is 2.56. The van der Waals surface area contributed by atoms with Gasteiger partial charge in [-0.25, -0.2) is 0 Å².